The number of alkyl halides is 2. The number of aromatic nitrogens is 2. The molecule has 1 aromatic heterocycles. The zero-order chi connectivity index (χ0) is 28.5. The number of aromatic amines is 1. The van der Waals surface area contributed by atoms with E-state index in [1.807, 2.05) is 11.1 Å². The number of aliphatic hydroxyl groups excluding tert-OH is 1. The second-order valence-corrected chi connectivity index (χ2v) is 12.0. The average Bonchev–Trinajstić information content (AvgIpc) is 3.66. The molecule has 3 N–H and O–H groups in total. The van der Waals surface area contributed by atoms with Gasteiger partial charge in [0.2, 0.25) is 0 Å². The molecule has 1 saturated carbocycles. The van der Waals surface area contributed by atoms with Gasteiger partial charge >= 0.3 is 19.4 Å². The molecule has 39 heavy (non-hydrogen) atoms. The maximum atomic E-state index is 15.3. The molecule has 0 spiro atoms. The van der Waals surface area contributed by atoms with Gasteiger partial charge in [0.1, 0.15) is 24.0 Å². The zero-order valence-electron chi connectivity index (χ0n) is 21.4. The number of nitrogens with one attached hydrogen (secondary N) is 2. The molecule has 0 amide bonds. The van der Waals surface area contributed by atoms with Crippen LogP contribution in [0.2, 0.25) is 0 Å². The summed E-state index contributed by atoms with van der Waals surface area (Å²) in [6, 6.07) is 6.72. The van der Waals surface area contributed by atoms with E-state index >= 15 is 4.39 Å². The van der Waals surface area contributed by atoms with Gasteiger partial charge in [0, 0.05) is 12.3 Å². The van der Waals surface area contributed by atoms with Crippen molar-refractivity contribution >= 4 is 25.3 Å². The third kappa shape index (κ3) is 6.97. The smallest absolute Gasteiger partial charge is 0.459 e. The molecule has 0 radical (unpaired) electrons. The number of hydrogen-bond acceptors (Lipinski definition) is 9. The number of H-pyrrole nitrogens is 1. The summed E-state index contributed by atoms with van der Waals surface area (Å²) in [6.07, 6.45) is -2.85. The molecule has 6 atom stereocenters. The Balaban J connectivity index is 1.54. The van der Waals surface area contributed by atoms with E-state index in [1.54, 1.807) is 32.0 Å². The van der Waals surface area contributed by atoms with E-state index in [0.717, 1.165) is 30.7 Å². The van der Waals surface area contributed by atoms with E-state index in [0.29, 0.717) is 10.5 Å². The summed E-state index contributed by atoms with van der Waals surface area (Å²) in [4.78, 5) is 37.9. The first-order valence-corrected chi connectivity index (χ1v) is 14.3. The predicted molar refractivity (Wildman–Crippen MR) is 137 cm³/mol. The fraction of sp³-hybridized carbons (Fsp3) is 0.542. The highest BCUT2D eigenvalue weighted by atomic mass is 35.5. The summed E-state index contributed by atoms with van der Waals surface area (Å²) >= 11 is 5.91. The Morgan fingerprint density at radius 1 is 1.33 bits per heavy atom. The maximum absolute atomic E-state index is 15.3. The maximum Gasteiger partial charge on any atom is 0.459 e. The molecule has 2 aromatic rings. The van der Waals surface area contributed by atoms with E-state index in [2.05, 4.69) is 5.09 Å². The van der Waals surface area contributed by atoms with Crippen molar-refractivity contribution in [1.29, 1.82) is 0 Å². The summed E-state index contributed by atoms with van der Waals surface area (Å²) in [5, 5.41) is 10.0. The highest BCUT2D eigenvalue weighted by molar-refractivity contribution is 7.52. The number of carbonyl (C=O) groups excluding carboxylic acids is 1. The Morgan fingerprint density at radius 2 is 2.05 bits per heavy atom. The third-order valence-corrected chi connectivity index (χ3v) is 8.14. The Labute approximate surface area is 228 Å². The first-order valence-electron chi connectivity index (χ1n) is 12.3. The number of ether oxygens (including phenoxy) is 2. The molecule has 1 aromatic carbocycles. The summed E-state index contributed by atoms with van der Waals surface area (Å²) in [7, 11) is -4.38. The molecule has 12 nitrogen and oxygen atoms in total. The zero-order valence-corrected chi connectivity index (χ0v) is 23.1. The van der Waals surface area contributed by atoms with Gasteiger partial charge in [0.25, 0.3) is 10.7 Å². The summed E-state index contributed by atoms with van der Waals surface area (Å²) in [5.41, 5.74) is -0.763. The number of esters is 1. The van der Waals surface area contributed by atoms with Crippen LogP contribution >= 0.6 is 19.3 Å². The number of halogens is 2. The Hall–Kier alpha value is -2.54. The first-order chi connectivity index (χ1) is 18.3. The van der Waals surface area contributed by atoms with Crippen LogP contribution in [0.1, 0.15) is 51.3 Å². The van der Waals surface area contributed by atoms with Crippen molar-refractivity contribution in [2.45, 2.75) is 75.2 Å². The lowest BCUT2D eigenvalue weighted by atomic mass is 10.1. The van der Waals surface area contributed by atoms with Crippen molar-refractivity contribution in [2.75, 3.05) is 6.61 Å². The van der Waals surface area contributed by atoms with E-state index in [1.165, 1.54) is 6.92 Å². The van der Waals surface area contributed by atoms with Gasteiger partial charge in [-0.2, -0.15) is 5.09 Å². The molecule has 1 aliphatic heterocycles. The molecule has 2 aliphatic rings. The fourth-order valence-electron chi connectivity index (χ4n) is 3.98. The Morgan fingerprint density at radius 3 is 2.69 bits per heavy atom. The lowest BCUT2D eigenvalue weighted by molar-refractivity contribution is -0.149. The monoisotopic (exact) mass is 589 g/mol. The molecule has 0 bridgehead atoms. The molecule has 1 saturated heterocycles. The van der Waals surface area contributed by atoms with Crippen molar-refractivity contribution < 1.29 is 37.4 Å². The van der Waals surface area contributed by atoms with E-state index in [-0.39, 0.29) is 5.75 Å². The van der Waals surface area contributed by atoms with Gasteiger partial charge in [-0.1, -0.05) is 23.7 Å². The van der Waals surface area contributed by atoms with E-state index in [9.17, 15) is 24.1 Å². The first kappa shape index (κ1) is 29.4. The fourth-order valence-corrected chi connectivity index (χ4v) is 5.78. The van der Waals surface area contributed by atoms with E-state index < -0.39 is 67.3 Å². The molecule has 6 unspecified atom stereocenters. The van der Waals surface area contributed by atoms with Crippen LogP contribution in [0.4, 0.5) is 4.39 Å². The number of benzene rings is 1. The largest absolute Gasteiger partial charge is 0.462 e. The predicted octanol–water partition coefficient (Wildman–Crippen LogP) is 2.71. The van der Waals surface area contributed by atoms with Gasteiger partial charge in [-0.25, -0.2) is 13.8 Å². The SMILES string of the molecule is CC(C)OC(=O)C(C)NP(=O)(OCC1OC(n2ccc(=O)[nH]c2=O)C(F)(Cl)C1O)Oc1cccc(C2CC2)c1. The van der Waals surface area contributed by atoms with Gasteiger partial charge in [-0.15, -0.1) is 0 Å². The minimum absolute atomic E-state index is 0.197. The number of hydrogen-bond donors (Lipinski definition) is 3. The van der Waals surface area contributed by atoms with Crippen molar-refractivity contribution in [2.24, 2.45) is 0 Å². The highest BCUT2D eigenvalue weighted by Crippen LogP contribution is 2.49. The van der Waals surface area contributed by atoms with Gasteiger partial charge in [0.15, 0.2) is 6.23 Å². The molecule has 1 aliphatic carbocycles. The lowest BCUT2D eigenvalue weighted by Crippen LogP contribution is -2.42. The standard InChI is InChI=1S/C24H30ClFN3O9P/c1-13(2)36-21(32)14(3)28-39(34,38-17-6-4-5-16(11-17)15-7-8-15)35-12-18-20(31)24(25,26)22(37-18)29-10-9-19(30)27-23(29)33/h4-6,9-11,13-15,18,20,22,31H,7-8,12H2,1-3H3,(H,28,34)(H,27,30,33). The molecular weight excluding hydrogens is 560 g/mol. The van der Waals surface area contributed by atoms with Crippen LogP contribution < -0.4 is 20.9 Å². The molecular formula is C24H30ClFN3O9P. The van der Waals surface area contributed by atoms with Crippen molar-refractivity contribution in [3.63, 3.8) is 0 Å². The molecule has 4 rings (SSSR count). The highest BCUT2D eigenvalue weighted by Gasteiger charge is 2.58. The van der Waals surface area contributed by atoms with Crippen LogP contribution in [0.5, 0.6) is 5.75 Å². The molecule has 2 heterocycles. The van der Waals surface area contributed by atoms with Crippen LogP contribution in [0.15, 0.2) is 46.1 Å². The lowest BCUT2D eigenvalue weighted by Gasteiger charge is -2.25. The quantitative estimate of drug-likeness (QED) is 0.202. The Bertz CT molecular complexity index is 1360. The van der Waals surface area contributed by atoms with Gasteiger partial charge < -0.3 is 19.1 Å². The number of aliphatic hydroxyl groups is 1. The number of nitrogens with zero attached hydrogens (tertiary/aromatic N) is 1. The minimum atomic E-state index is -4.38. The van der Waals surface area contributed by atoms with Crippen LogP contribution in [-0.2, 0) is 23.4 Å². The van der Waals surface area contributed by atoms with Crippen molar-refractivity contribution in [3.05, 3.63) is 62.9 Å². The average molecular weight is 590 g/mol. The van der Waals surface area contributed by atoms with Gasteiger partial charge in [-0.05, 0) is 57.2 Å². The summed E-state index contributed by atoms with van der Waals surface area (Å²) in [6.45, 7) is 3.99. The molecule has 2 fully saturated rings. The molecule has 214 valence electrons. The van der Waals surface area contributed by atoms with Crippen molar-refractivity contribution in [1.82, 2.24) is 14.6 Å². The second kappa shape index (κ2) is 11.5. The third-order valence-electron chi connectivity index (χ3n) is 6.08. The second-order valence-electron chi connectivity index (χ2n) is 9.73. The summed E-state index contributed by atoms with van der Waals surface area (Å²) in [5.74, 6) is -0.150. The normalized spacial score (nSPS) is 27.2. The van der Waals surface area contributed by atoms with Crippen molar-refractivity contribution in [3.8, 4) is 5.75 Å². The van der Waals surface area contributed by atoms with Gasteiger partial charge in [0.05, 0.1) is 12.7 Å². The molecule has 15 heteroatoms. The topological polar surface area (TPSA) is 158 Å². The summed E-state index contributed by atoms with van der Waals surface area (Å²) < 4.78 is 51.6. The number of rotatable bonds is 11. The van der Waals surface area contributed by atoms with Crippen LogP contribution in [0.3, 0.4) is 0 Å². The van der Waals surface area contributed by atoms with E-state index in [4.69, 9.17) is 30.1 Å². The van der Waals surface area contributed by atoms with Gasteiger partial charge in [-0.3, -0.25) is 23.7 Å². The van der Waals surface area contributed by atoms with Crippen LogP contribution in [-0.4, -0.2) is 56.7 Å². The van der Waals surface area contributed by atoms with Crippen LogP contribution in [0.25, 0.3) is 0 Å². The number of carbonyl (C=O) groups is 1. The Kier molecular flexibility index (Phi) is 8.70. The minimum Gasteiger partial charge on any atom is -0.462 e. The van der Waals surface area contributed by atoms with Crippen LogP contribution in [0, 0.1) is 0 Å².